The summed E-state index contributed by atoms with van der Waals surface area (Å²) < 4.78 is 0. The molecule has 1 aromatic carbocycles. The second-order valence-corrected chi connectivity index (χ2v) is 8.13. The first kappa shape index (κ1) is 18.6. The number of amides is 3. The van der Waals surface area contributed by atoms with Crippen molar-refractivity contribution < 1.29 is 14.4 Å². The van der Waals surface area contributed by atoms with Gasteiger partial charge in [-0.3, -0.25) is 14.4 Å². The van der Waals surface area contributed by atoms with E-state index in [1.54, 1.807) is 0 Å². The Bertz CT molecular complexity index is 935. The molecule has 2 aromatic rings. The zero-order chi connectivity index (χ0) is 19.7. The van der Waals surface area contributed by atoms with Gasteiger partial charge in [0.05, 0.1) is 11.6 Å². The average Bonchev–Trinajstić information content (AvgIpc) is 3.37. The van der Waals surface area contributed by atoms with E-state index in [9.17, 15) is 14.4 Å². The van der Waals surface area contributed by atoms with Crippen molar-refractivity contribution in [3.05, 3.63) is 29.1 Å². The van der Waals surface area contributed by atoms with Crippen LogP contribution in [0, 0.1) is 5.92 Å². The number of nitrogens with zero attached hydrogens (tertiary/aromatic N) is 1. The third kappa shape index (κ3) is 4.06. The number of nitrogens with one attached hydrogen (secondary N) is 3. The van der Waals surface area contributed by atoms with Gasteiger partial charge in [-0.15, -0.1) is 11.3 Å². The standard InChI is InChI=1S/C20H22N4O3S/c1-11-14-9-13(6-7-15(14)22-18(11)26)16-10-28-20(23-16)24-17(25)3-2-8-21-19(27)12-4-5-12/h6-7,9-12H,2-5,8H2,1H3,(H,21,27)(H,22,26)(H,23,24,25). The molecule has 7 nitrogen and oxygen atoms in total. The minimum Gasteiger partial charge on any atom is -0.356 e. The second-order valence-electron chi connectivity index (χ2n) is 7.27. The maximum Gasteiger partial charge on any atom is 0.231 e. The highest BCUT2D eigenvalue weighted by Crippen LogP contribution is 2.36. The molecule has 1 saturated carbocycles. The van der Waals surface area contributed by atoms with Crippen molar-refractivity contribution in [1.82, 2.24) is 10.3 Å². The smallest absolute Gasteiger partial charge is 0.231 e. The predicted octanol–water partition coefficient (Wildman–Crippen LogP) is 3.11. The fraction of sp³-hybridized carbons (Fsp3) is 0.400. The fourth-order valence-corrected chi connectivity index (χ4v) is 3.91. The Morgan fingerprint density at radius 1 is 1.32 bits per heavy atom. The number of hydrogen-bond acceptors (Lipinski definition) is 5. The number of aromatic nitrogens is 1. The van der Waals surface area contributed by atoms with Gasteiger partial charge >= 0.3 is 0 Å². The van der Waals surface area contributed by atoms with Crippen LogP contribution in [0.3, 0.4) is 0 Å². The molecule has 28 heavy (non-hydrogen) atoms. The molecule has 4 rings (SSSR count). The SMILES string of the molecule is CC1C(=O)Nc2ccc(-c3csc(NC(=O)CCCNC(=O)C4CC4)n3)cc21. The zero-order valence-electron chi connectivity index (χ0n) is 15.6. The molecule has 0 bridgehead atoms. The molecule has 1 aromatic heterocycles. The summed E-state index contributed by atoms with van der Waals surface area (Å²) in [5, 5.41) is 11.0. The minimum atomic E-state index is -0.173. The van der Waals surface area contributed by atoms with Gasteiger partial charge in [-0.25, -0.2) is 4.98 Å². The van der Waals surface area contributed by atoms with Crippen molar-refractivity contribution in [2.45, 2.75) is 38.5 Å². The van der Waals surface area contributed by atoms with Crippen molar-refractivity contribution in [1.29, 1.82) is 0 Å². The van der Waals surface area contributed by atoms with Gasteiger partial charge in [0.2, 0.25) is 17.7 Å². The van der Waals surface area contributed by atoms with Crippen LogP contribution in [0.25, 0.3) is 11.3 Å². The minimum absolute atomic E-state index is 0.00620. The van der Waals surface area contributed by atoms with Crippen molar-refractivity contribution >= 4 is 39.9 Å². The Morgan fingerprint density at radius 2 is 2.14 bits per heavy atom. The van der Waals surface area contributed by atoms with E-state index in [1.165, 1.54) is 11.3 Å². The monoisotopic (exact) mass is 398 g/mol. The summed E-state index contributed by atoms with van der Waals surface area (Å²) in [7, 11) is 0. The molecule has 2 heterocycles. The fourth-order valence-electron chi connectivity index (χ4n) is 3.17. The van der Waals surface area contributed by atoms with Gasteiger partial charge in [-0.1, -0.05) is 6.07 Å². The lowest BCUT2D eigenvalue weighted by Crippen LogP contribution is -2.26. The van der Waals surface area contributed by atoms with E-state index < -0.39 is 0 Å². The average molecular weight is 398 g/mol. The molecule has 1 aliphatic carbocycles. The Hall–Kier alpha value is -2.74. The highest BCUT2D eigenvalue weighted by molar-refractivity contribution is 7.14. The second kappa shape index (κ2) is 7.71. The Morgan fingerprint density at radius 3 is 2.93 bits per heavy atom. The van der Waals surface area contributed by atoms with Crippen LogP contribution in [0.15, 0.2) is 23.6 Å². The molecule has 3 N–H and O–H groups in total. The van der Waals surface area contributed by atoms with E-state index in [1.807, 2.05) is 30.5 Å². The zero-order valence-corrected chi connectivity index (χ0v) is 16.4. The molecule has 146 valence electrons. The number of hydrogen-bond donors (Lipinski definition) is 3. The summed E-state index contributed by atoms with van der Waals surface area (Å²) in [6.07, 6.45) is 2.90. The maximum atomic E-state index is 12.1. The Balaban J connectivity index is 1.30. The number of carbonyl (C=O) groups is 3. The molecule has 1 unspecified atom stereocenters. The molecule has 1 atom stereocenters. The van der Waals surface area contributed by atoms with Gasteiger partial charge in [0.25, 0.3) is 0 Å². The lowest BCUT2D eigenvalue weighted by Gasteiger charge is -2.05. The van der Waals surface area contributed by atoms with Crippen LogP contribution >= 0.6 is 11.3 Å². The van der Waals surface area contributed by atoms with Gasteiger partial charge < -0.3 is 16.0 Å². The third-order valence-corrected chi connectivity index (χ3v) is 5.80. The molecule has 1 aliphatic heterocycles. The molecule has 0 radical (unpaired) electrons. The number of carbonyl (C=O) groups excluding carboxylic acids is 3. The molecule has 8 heteroatoms. The van der Waals surface area contributed by atoms with Crippen LogP contribution in [-0.4, -0.2) is 29.3 Å². The molecule has 0 saturated heterocycles. The van der Waals surface area contributed by atoms with Crippen LogP contribution in [0.1, 0.15) is 44.1 Å². The highest BCUT2D eigenvalue weighted by Gasteiger charge is 2.29. The molecule has 0 spiro atoms. The van der Waals surface area contributed by atoms with Crippen LogP contribution in [0.5, 0.6) is 0 Å². The number of fused-ring (bicyclic) bond motifs is 1. The number of anilines is 2. The normalized spacial score (nSPS) is 17.8. The van der Waals surface area contributed by atoms with Crippen molar-refractivity contribution in [3.63, 3.8) is 0 Å². The van der Waals surface area contributed by atoms with Gasteiger partial charge in [-0.05, 0) is 43.9 Å². The molecule has 2 aliphatic rings. The summed E-state index contributed by atoms with van der Waals surface area (Å²) >= 11 is 1.37. The van der Waals surface area contributed by atoms with Crippen molar-refractivity contribution in [2.75, 3.05) is 17.2 Å². The van der Waals surface area contributed by atoms with Crippen LogP contribution < -0.4 is 16.0 Å². The van der Waals surface area contributed by atoms with Gasteiger partial charge in [-0.2, -0.15) is 0 Å². The molecular formula is C20H22N4O3S. The van der Waals surface area contributed by atoms with E-state index in [-0.39, 0.29) is 29.6 Å². The molecule has 3 amide bonds. The van der Waals surface area contributed by atoms with Crippen molar-refractivity contribution in [2.24, 2.45) is 5.92 Å². The molecule has 1 fully saturated rings. The van der Waals surface area contributed by atoms with Crippen LogP contribution in [0.4, 0.5) is 10.8 Å². The van der Waals surface area contributed by atoms with Gasteiger partial charge in [0, 0.05) is 35.5 Å². The number of rotatable bonds is 7. The Kier molecular flexibility index (Phi) is 5.13. The van der Waals surface area contributed by atoms with E-state index in [0.717, 1.165) is 35.3 Å². The predicted molar refractivity (Wildman–Crippen MR) is 108 cm³/mol. The van der Waals surface area contributed by atoms with Gasteiger partial charge in [0.15, 0.2) is 5.13 Å². The number of benzene rings is 1. The topological polar surface area (TPSA) is 100 Å². The summed E-state index contributed by atoms with van der Waals surface area (Å²) in [4.78, 5) is 39.9. The molecular weight excluding hydrogens is 376 g/mol. The maximum absolute atomic E-state index is 12.1. The van der Waals surface area contributed by atoms with Crippen LogP contribution in [-0.2, 0) is 14.4 Å². The summed E-state index contributed by atoms with van der Waals surface area (Å²) in [5.74, 6) is 0.0167. The van der Waals surface area contributed by atoms with Gasteiger partial charge in [0.1, 0.15) is 0 Å². The van der Waals surface area contributed by atoms with Crippen molar-refractivity contribution in [3.8, 4) is 11.3 Å². The van der Waals surface area contributed by atoms with Crippen LogP contribution in [0.2, 0.25) is 0 Å². The van der Waals surface area contributed by atoms with E-state index in [4.69, 9.17) is 0 Å². The van der Waals surface area contributed by atoms with E-state index in [2.05, 4.69) is 20.9 Å². The lowest BCUT2D eigenvalue weighted by atomic mass is 10.00. The highest BCUT2D eigenvalue weighted by atomic mass is 32.1. The number of thiazole rings is 1. The largest absolute Gasteiger partial charge is 0.356 e. The quantitative estimate of drug-likeness (QED) is 0.624. The third-order valence-electron chi connectivity index (χ3n) is 5.04. The Labute approximate surface area is 166 Å². The first-order chi connectivity index (χ1) is 13.5. The van der Waals surface area contributed by atoms with E-state index in [0.29, 0.717) is 24.5 Å². The first-order valence-corrected chi connectivity index (χ1v) is 10.4. The first-order valence-electron chi connectivity index (χ1n) is 9.49. The summed E-state index contributed by atoms with van der Waals surface area (Å²) in [6.45, 7) is 2.40. The van der Waals surface area contributed by atoms with E-state index >= 15 is 0 Å². The summed E-state index contributed by atoms with van der Waals surface area (Å²) in [5.41, 5.74) is 3.50. The lowest BCUT2D eigenvalue weighted by molar-refractivity contribution is -0.122. The summed E-state index contributed by atoms with van der Waals surface area (Å²) in [6, 6.07) is 5.78.